The summed E-state index contributed by atoms with van der Waals surface area (Å²) in [5.41, 5.74) is 0. The van der Waals surface area contributed by atoms with E-state index in [2.05, 4.69) is 4.18 Å². The van der Waals surface area contributed by atoms with Crippen molar-refractivity contribution in [2.75, 3.05) is 0 Å². The van der Waals surface area contributed by atoms with E-state index in [1.807, 2.05) is 0 Å². The monoisotopic (exact) mass is 238 g/mol. The maximum Gasteiger partial charge on any atom is 1.00 e. The summed E-state index contributed by atoms with van der Waals surface area (Å²) in [6.45, 7) is 0.530. The number of carbonyl (C=O) groups is 2. The van der Waals surface area contributed by atoms with Gasteiger partial charge in [0.2, 0.25) is 0 Å². The summed E-state index contributed by atoms with van der Waals surface area (Å²) in [4.78, 5) is 17.9. The van der Waals surface area contributed by atoms with Crippen LogP contribution < -0.4 is 83.1 Å². The first-order chi connectivity index (χ1) is 4.79. The Morgan fingerprint density at radius 2 is 1.64 bits per heavy atom. The molecule has 0 saturated heterocycles. The molecule has 0 radical (unpaired) electrons. The van der Waals surface area contributed by atoms with Gasteiger partial charge in [-0.15, -0.1) is 0 Å². The van der Waals surface area contributed by atoms with Gasteiger partial charge in [0.15, 0.2) is 0 Å². The zero-order valence-electron chi connectivity index (χ0n) is 9.34. The topological polar surface area (TPSA) is 124 Å². The first kappa shape index (κ1) is 29.5. The van der Waals surface area contributed by atoms with Crippen LogP contribution in [0.25, 0.3) is 0 Å². The number of hydrogen-bond acceptors (Lipinski definition) is 7. The summed E-state index contributed by atoms with van der Waals surface area (Å²) in [5.74, 6) is -1.08. The molecule has 0 fully saturated rings. The predicted octanol–water partition coefficient (Wildman–Crippen LogP) is -11.5. The molecule has 68 valence electrons. The maximum absolute atomic E-state index is 9.22. The predicted molar refractivity (Wildman–Crippen MR) is 28.6 cm³/mol. The van der Waals surface area contributed by atoms with Crippen LogP contribution in [-0.2, 0) is 24.2 Å². The molecule has 0 aliphatic rings. The van der Waals surface area contributed by atoms with E-state index in [9.17, 15) is 13.0 Å². The fourth-order valence-corrected chi connectivity index (χ4v) is 0.144. The van der Waals surface area contributed by atoms with E-state index in [-0.39, 0.29) is 79.4 Å². The maximum atomic E-state index is 9.22. The molecule has 0 spiro atoms. The third-order valence-corrected chi connectivity index (χ3v) is 0.471. The molecule has 0 bridgehead atoms. The number of hydrogen-bond donors (Lipinski definition) is 0. The van der Waals surface area contributed by atoms with Crippen molar-refractivity contribution >= 4 is 22.8 Å². The number of carboxylic acid groups (broad SMARTS) is 1. The molecule has 14 heavy (non-hydrogen) atoms. The summed E-state index contributed by atoms with van der Waals surface area (Å²) < 4.78 is 30.6. The summed E-state index contributed by atoms with van der Waals surface area (Å²) in [5, 5.41) is 8.89. The van der Waals surface area contributed by atoms with E-state index < -0.39 is 22.8 Å². The van der Waals surface area contributed by atoms with Crippen molar-refractivity contribution in [2.24, 2.45) is 0 Å². The van der Waals surface area contributed by atoms with Crippen molar-refractivity contribution in [1.29, 1.82) is 0 Å². The van der Waals surface area contributed by atoms with Gasteiger partial charge in [-0.2, -0.15) is 0 Å². The minimum absolute atomic E-state index is 0. The Bertz CT molecular complexity index is 228. The molecule has 0 atom stereocenters. The second-order valence-electron chi connectivity index (χ2n) is 1.09. The molecule has 0 heterocycles. The van der Waals surface area contributed by atoms with Crippen LogP contribution in [-0.4, -0.2) is 25.4 Å². The molecule has 0 saturated carbocycles. The van der Waals surface area contributed by atoms with Crippen LogP contribution in [0.15, 0.2) is 0 Å². The average molecular weight is 238 g/mol. The van der Waals surface area contributed by atoms with Gasteiger partial charge in [-0.1, -0.05) is 0 Å². The Balaban J connectivity index is -0.0000000230. The zero-order valence-corrected chi connectivity index (χ0v) is 13.2. The molecule has 0 unspecified atom stereocenters. The molecule has 0 aromatic heterocycles. The van der Waals surface area contributed by atoms with Gasteiger partial charge in [-0.25, -0.2) is 8.42 Å². The van der Waals surface area contributed by atoms with E-state index >= 15 is 0 Å². The van der Waals surface area contributed by atoms with Crippen molar-refractivity contribution in [3.05, 3.63) is 0 Å². The number of rotatable bonds is 2. The minimum atomic E-state index is -4.79. The number of aliphatic carboxylic acids is 1. The second kappa shape index (κ2) is 16.9. The van der Waals surface area contributed by atoms with Crippen LogP contribution in [0.4, 0.5) is 0 Å². The molecule has 0 rings (SSSR count). The molecule has 0 aliphatic heterocycles. The number of carbonyl (C=O) groups excluding carboxylic acids is 2. The van der Waals surface area contributed by atoms with Crippen LogP contribution in [0.2, 0.25) is 0 Å². The summed E-state index contributed by atoms with van der Waals surface area (Å²) in [6.07, 6.45) is 0. The van der Waals surface area contributed by atoms with E-state index in [0.717, 1.165) is 6.92 Å². The summed E-state index contributed by atoms with van der Waals surface area (Å²) in [7, 11) is -4.79. The van der Waals surface area contributed by atoms with Crippen LogP contribution in [0.1, 0.15) is 8.35 Å². The van der Waals surface area contributed by atoms with Gasteiger partial charge in [-0.05, 0) is 6.92 Å². The van der Waals surface area contributed by atoms with Crippen molar-refractivity contribution in [3.63, 3.8) is 0 Å². The van der Waals surface area contributed by atoms with Gasteiger partial charge in [0.25, 0.3) is 10.4 Å². The summed E-state index contributed by atoms with van der Waals surface area (Å²) >= 11 is 0. The normalized spacial score (nSPS) is 7.00. The Hall–Kier alpha value is 1.45. The van der Waals surface area contributed by atoms with Crippen molar-refractivity contribution < 1.29 is 111 Å². The minimum Gasteiger partial charge on any atom is -1.00 e. The molecular weight excluding hydrogens is 233 g/mol. The Morgan fingerprint density at radius 3 is 1.64 bits per heavy atom. The van der Waals surface area contributed by atoms with E-state index in [1.165, 1.54) is 0 Å². The Labute approximate surface area is 139 Å². The smallest absolute Gasteiger partial charge is 1.00 e. The number of carboxylic acids is 1. The third-order valence-electron chi connectivity index (χ3n) is 0.157. The van der Waals surface area contributed by atoms with Crippen LogP contribution in [0.3, 0.4) is 0 Å². The fraction of sp³-hybridized carbons (Fsp3) is 0.333. The molecule has 0 aliphatic carbocycles. The van der Waals surface area contributed by atoms with Crippen molar-refractivity contribution in [1.82, 2.24) is 0 Å². The van der Waals surface area contributed by atoms with Crippen LogP contribution >= 0.6 is 0 Å². The van der Waals surface area contributed by atoms with E-state index in [1.54, 1.807) is 0 Å². The first-order valence-electron chi connectivity index (χ1n) is 2.05. The SMILES string of the molecule is CC(=O)[O-].O=COS(=O)(=O)[O-].[H-].[Li+].[Na+].[Na+]. The van der Waals surface area contributed by atoms with Crippen molar-refractivity contribution in [3.8, 4) is 0 Å². The fourth-order valence-electron chi connectivity index (χ4n) is 0.0481. The standard InChI is InChI=1S/C2H4O2.CH2O5S.Li.2Na.H/c1-2(3)4;2-1-6-7(3,4)5;;;;/h1H3,(H,3,4);1H,(H,3,4,5);;;;/q;;3*+1;-1/p-2. The third kappa shape index (κ3) is 70.2. The largest absolute Gasteiger partial charge is 1.00 e. The van der Waals surface area contributed by atoms with Gasteiger partial charge in [0.1, 0.15) is 0 Å². The molecule has 0 amide bonds. The van der Waals surface area contributed by atoms with Gasteiger partial charge in [0, 0.05) is 5.97 Å². The quantitative estimate of drug-likeness (QED) is 0.202. The van der Waals surface area contributed by atoms with Gasteiger partial charge in [-0.3, -0.25) is 4.79 Å². The van der Waals surface area contributed by atoms with Gasteiger partial charge < -0.3 is 20.1 Å². The van der Waals surface area contributed by atoms with E-state index in [4.69, 9.17) is 14.7 Å². The summed E-state index contributed by atoms with van der Waals surface area (Å²) in [6, 6.07) is 0. The molecule has 0 N–H and O–H groups in total. The Kier molecular flexibility index (Phi) is 35.6. The molecular formula is C3H5LiNa2O7S. The zero-order chi connectivity index (χ0) is 9.49. The van der Waals surface area contributed by atoms with E-state index in [0.29, 0.717) is 0 Å². The van der Waals surface area contributed by atoms with Crippen molar-refractivity contribution in [2.45, 2.75) is 6.92 Å². The Morgan fingerprint density at radius 1 is 1.43 bits per heavy atom. The molecule has 11 heteroatoms. The molecule has 0 aromatic carbocycles. The molecule has 0 aromatic rings. The van der Waals surface area contributed by atoms with Gasteiger partial charge in [0.05, 0.1) is 0 Å². The van der Waals surface area contributed by atoms with Crippen LogP contribution in [0.5, 0.6) is 0 Å². The first-order valence-corrected chi connectivity index (χ1v) is 3.38. The van der Waals surface area contributed by atoms with Gasteiger partial charge >= 0.3 is 84.4 Å². The molecule has 7 nitrogen and oxygen atoms in total. The average Bonchev–Trinajstić information content (AvgIpc) is 1.58. The second-order valence-corrected chi connectivity index (χ2v) is 2.10. The van der Waals surface area contributed by atoms with Crippen LogP contribution in [0, 0.1) is 0 Å².